The summed E-state index contributed by atoms with van der Waals surface area (Å²) in [6.07, 6.45) is 0. The van der Waals surface area contributed by atoms with E-state index in [0.717, 1.165) is 15.5 Å². The van der Waals surface area contributed by atoms with Crippen molar-refractivity contribution < 1.29 is 14.3 Å². The van der Waals surface area contributed by atoms with E-state index in [2.05, 4.69) is 9.84 Å². The molecule has 0 amide bonds. The predicted octanol–water partition coefficient (Wildman–Crippen LogP) is 3.74. The predicted molar refractivity (Wildman–Crippen MR) is 86.0 cm³/mol. The van der Waals surface area contributed by atoms with Gasteiger partial charge in [0, 0.05) is 11.9 Å². The van der Waals surface area contributed by atoms with E-state index in [0.29, 0.717) is 15.9 Å². The Bertz CT molecular complexity index is 704. The number of ether oxygens (including phenoxy) is 2. The maximum absolute atomic E-state index is 11.2. The lowest BCUT2D eigenvalue weighted by Gasteiger charge is -2.08. The molecule has 2 rings (SSSR count). The molecule has 0 unspecified atom stereocenters. The van der Waals surface area contributed by atoms with Crippen molar-refractivity contribution in [3.05, 3.63) is 33.9 Å². The standard InChI is InChI=1S/C14H14Cl2N2O3S/c1-8-13(22-9-4-5-10(15)11(16)6-9)14(18(2)17-8)21-7-12(19)20-3/h4-6H,7H2,1-3H3. The minimum atomic E-state index is -0.454. The van der Waals surface area contributed by atoms with Gasteiger partial charge in [0.2, 0.25) is 5.88 Å². The molecule has 0 atom stereocenters. The minimum Gasteiger partial charge on any atom is -0.466 e. The van der Waals surface area contributed by atoms with Gasteiger partial charge < -0.3 is 9.47 Å². The maximum atomic E-state index is 11.2. The van der Waals surface area contributed by atoms with E-state index in [9.17, 15) is 4.79 Å². The van der Waals surface area contributed by atoms with E-state index in [1.165, 1.54) is 18.9 Å². The Kier molecular flexibility index (Phi) is 5.61. The van der Waals surface area contributed by atoms with Crippen molar-refractivity contribution in [2.75, 3.05) is 13.7 Å². The molecule has 0 N–H and O–H groups in total. The molecule has 0 aliphatic rings. The summed E-state index contributed by atoms with van der Waals surface area (Å²) in [4.78, 5) is 12.9. The molecule has 0 aliphatic carbocycles. The number of esters is 1. The Morgan fingerprint density at radius 1 is 1.36 bits per heavy atom. The molecular weight excluding hydrogens is 347 g/mol. The molecule has 0 saturated carbocycles. The summed E-state index contributed by atoms with van der Waals surface area (Å²) in [5, 5.41) is 5.28. The summed E-state index contributed by atoms with van der Waals surface area (Å²) in [5.41, 5.74) is 0.790. The molecule has 5 nitrogen and oxygen atoms in total. The van der Waals surface area contributed by atoms with Gasteiger partial charge in [0.1, 0.15) is 0 Å². The Morgan fingerprint density at radius 3 is 2.73 bits per heavy atom. The van der Waals surface area contributed by atoms with Gasteiger partial charge in [-0.05, 0) is 25.1 Å². The van der Waals surface area contributed by atoms with Crippen molar-refractivity contribution in [1.82, 2.24) is 9.78 Å². The first-order valence-electron chi connectivity index (χ1n) is 6.28. The first kappa shape index (κ1) is 17.0. The third-order valence-electron chi connectivity index (χ3n) is 2.78. The van der Waals surface area contributed by atoms with Crippen LogP contribution in [-0.4, -0.2) is 29.5 Å². The Balaban J connectivity index is 2.26. The van der Waals surface area contributed by atoms with Crippen LogP contribution in [0.25, 0.3) is 0 Å². The lowest BCUT2D eigenvalue weighted by atomic mass is 10.4. The number of halogens is 2. The van der Waals surface area contributed by atoms with Crippen LogP contribution >= 0.6 is 35.0 Å². The van der Waals surface area contributed by atoms with E-state index in [4.69, 9.17) is 27.9 Å². The highest BCUT2D eigenvalue weighted by Crippen LogP contribution is 2.39. The number of benzene rings is 1. The van der Waals surface area contributed by atoms with Crippen LogP contribution in [0.15, 0.2) is 28.0 Å². The molecule has 0 bridgehead atoms. The van der Waals surface area contributed by atoms with Crippen LogP contribution in [-0.2, 0) is 16.6 Å². The van der Waals surface area contributed by atoms with Crippen LogP contribution in [0.3, 0.4) is 0 Å². The van der Waals surface area contributed by atoms with Gasteiger partial charge in [0.25, 0.3) is 0 Å². The van der Waals surface area contributed by atoms with Crippen molar-refractivity contribution >= 4 is 40.9 Å². The molecule has 1 aromatic carbocycles. The fraction of sp³-hybridized carbons (Fsp3) is 0.286. The van der Waals surface area contributed by atoms with Gasteiger partial charge in [-0.1, -0.05) is 35.0 Å². The topological polar surface area (TPSA) is 53.4 Å². The van der Waals surface area contributed by atoms with Crippen molar-refractivity contribution in [3.8, 4) is 5.88 Å². The number of aryl methyl sites for hydroxylation is 2. The highest BCUT2D eigenvalue weighted by atomic mass is 35.5. The molecule has 22 heavy (non-hydrogen) atoms. The lowest BCUT2D eigenvalue weighted by Crippen LogP contribution is -2.14. The number of rotatable bonds is 5. The second-order valence-electron chi connectivity index (χ2n) is 4.39. The third kappa shape index (κ3) is 3.88. The van der Waals surface area contributed by atoms with Crippen LogP contribution in [0, 0.1) is 6.92 Å². The molecule has 0 saturated heterocycles. The van der Waals surface area contributed by atoms with Crippen LogP contribution in [0.4, 0.5) is 0 Å². The van der Waals surface area contributed by atoms with E-state index in [-0.39, 0.29) is 6.61 Å². The first-order valence-corrected chi connectivity index (χ1v) is 7.85. The first-order chi connectivity index (χ1) is 10.4. The summed E-state index contributed by atoms with van der Waals surface area (Å²) in [6.45, 7) is 1.69. The highest BCUT2D eigenvalue weighted by molar-refractivity contribution is 7.99. The Hall–Kier alpha value is -1.37. The molecule has 0 radical (unpaired) electrons. The SMILES string of the molecule is COC(=O)COc1c(Sc2ccc(Cl)c(Cl)c2)c(C)nn1C. The molecule has 1 aromatic heterocycles. The molecule has 0 spiro atoms. The molecule has 0 fully saturated rings. The fourth-order valence-corrected chi connectivity index (χ4v) is 3.12. The van der Waals surface area contributed by atoms with Crippen molar-refractivity contribution in [1.29, 1.82) is 0 Å². The van der Waals surface area contributed by atoms with E-state index < -0.39 is 5.97 Å². The van der Waals surface area contributed by atoms with Gasteiger partial charge in [0.15, 0.2) is 6.61 Å². The second kappa shape index (κ2) is 7.26. The van der Waals surface area contributed by atoms with Gasteiger partial charge in [-0.15, -0.1) is 0 Å². The monoisotopic (exact) mass is 360 g/mol. The zero-order valence-corrected chi connectivity index (χ0v) is 14.6. The number of aromatic nitrogens is 2. The maximum Gasteiger partial charge on any atom is 0.343 e. The molecule has 1 heterocycles. The van der Waals surface area contributed by atoms with Crippen LogP contribution in [0.1, 0.15) is 5.69 Å². The Labute approximate surface area is 142 Å². The third-order valence-corrected chi connectivity index (χ3v) is 4.68. The zero-order valence-electron chi connectivity index (χ0n) is 12.2. The largest absolute Gasteiger partial charge is 0.466 e. The molecular formula is C14H14Cl2N2O3S. The van der Waals surface area contributed by atoms with E-state index in [1.54, 1.807) is 23.9 Å². The number of nitrogens with zero attached hydrogens (tertiary/aromatic N) is 2. The van der Waals surface area contributed by atoms with Gasteiger partial charge >= 0.3 is 5.97 Å². The molecule has 118 valence electrons. The summed E-state index contributed by atoms with van der Waals surface area (Å²) in [7, 11) is 3.06. The van der Waals surface area contributed by atoms with E-state index in [1.807, 2.05) is 13.0 Å². The smallest absolute Gasteiger partial charge is 0.343 e. The number of hydrogen-bond acceptors (Lipinski definition) is 5. The zero-order chi connectivity index (χ0) is 16.3. The van der Waals surface area contributed by atoms with Gasteiger partial charge in [0.05, 0.1) is 27.7 Å². The van der Waals surface area contributed by atoms with Gasteiger partial charge in [-0.3, -0.25) is 0 Å². The van der Waals surface area contributed by atoms with Crippen LogP contribution < -0.4 is 4.74 Å². The van der Waals surface area contributed by atoms with Crippen molar-refractivity contribution in [2.24, 2.45) is 7.05 Å². The normalized spacial score (nSPS) is 10.6. The molecule has 8 heteroatoms. The van der Waals surface area contributed by atoms with Crippen molar-refractivity contribution in [2.45, 2.75) is 16.7 Å². The molecule has 0 aliphatic heterocycles. The average molecular weight is 361 g/mol. The van der Waals surface area contributed by atoms with E-state index >= 15 is 0 Å². The van der Waals surface area contributed by atoms with Gasteiger partial charge in [-0.25, -0.2) is 9.48 Å². The highest BCUT2D eigenvalue weighted by Gasteiger charge is 2.18. The number of hydrogen-bond donors (Lipinski definition) is 0. The summed E-state index contributed by atoms with van der Waals surface area (Å²) in [5.74, 6) is 0.0447. The second-order valence-corrected chi connectivity index (χ2v) is 6.28. The summed E-state index contributed by atoms with van der Waals surface area (Å²) in [6, 6.07) is 5.35. The fourth-order valence-electron chi connectivity index (χ4n) is 1.74. The minimum absolute atomic E-state index is 0.176. The van der Waals surface area contributed by atoms with Gasteiger partial charge in [-0.2, -0.15) is 5.10 Å². The summed E-state index contributed by atoms with van der Waals surface area (Å²) < 4.78 is 11.7. The lowest BCUT2D eigenvalue weighted by molar-refractivity contribution is -0.143. The van der Waals surface area contributed by atoms with Crippen molar-refractivity contribution in [3.63, 3.8) is 0 Å². The summed E-state index contributed by atoms with van der Waals surface area (Å²) >= 11 is 13.4. The van der Waals surface area contributed by atoms with Crippen LogP contribution in [0.5, 0.6) is 5.88 Å². The number of carbonyl (C=O) groups is 1. The molecule has 2 aromatic rings. The quantitative estimate of drug-likeness (QED) is 0.760. The Morgan fingerprint density at radius 2 is 2.09 bits per heavy atom. The van der Waals surface area contributed by atoms with Crippen LogP contribution in [0.2, 0.25) is 10.0 Å². The average Bonchev–Trinajstić information content (AvgIpc) is 2.74. The number of carbonyl (C=O) groups excluding carboxylic acids is 1. The number of methoxy groups -OCH3 is 1.